The predicted molar refractivity (Wildman–Crippen MR) is 76.1 cm³/mol. The highest BCUT2D eigenvalue weighted by Crippen LogP contribution is 2.26. The zero-order valence-corrected chi connectivity index (χ0v) is 11.6. The first-order valence-electron chi connectivity index (χ1n) is 6.83. The molecule has 0 spiro atoms. The van der Waals surface area contributed by atoms with Crippen LogP contribution in [0.25, 0.3) is 0 Å². The average Bonchev–Trinajstić information content (AvgIpc) is 2.39. The van der Waals surface area contributed by atoms with E-state index in [0.717, 1.165) is 19.5 Å². The van der Waals surface area contributed by atoms with Crippen molar-refractivity contribution in [1.82, 2.24) is 4.90 Å². The van der Waals surface area contributed by atoms with Gasteiger partial charge in [0.05, 0.1) is 12.6 Å². The fraction of sp³-hybridized carbons (Fsp3) is 0.600. The molecule has 0 bridgehead atoms. The Morgan fingerprint density at radius 1 is 1.28 bits per heavy atom. The lowest BCUT2D eigenvalue weighted by molar-refractivity contribution is 0.121. The maximum Gasteiger partial charge on any atom is 0.0604 e. The second kappa shape index (κ2) is 5.72. The minimum absolute atomic E-state index is 0.230. The molecule has 3 nitrogen and oxygen atoms in total. The minimum atomic E-state index is 0.230. The summed E-state index contributed by atoms with van der Waals surface area (Å²) in [5.74, 6) is 0. The van der Waals surface area contributed by atoms with Crippen molar-refractivity contribution in [1.29, 1.82) is 0 Å². The molecule has 1 fully saturated rings. The summed E-state index contributed by atoms with van der Waals surface area (Å²) in [6, 6.07) is 9.35. The molecule has 3 heteroatoms. The lowest BCUT2D eigenvalue weighted by Gasteiger charge is -2.45. The molecular weight excluding hydrogens is 224 g/mol. The summed E-state index contributed by atoms with van der Waals surface area (Å²) in [6.07, 6.45) is 1.05. The number of benzene rings is 1. The number of likely N-dealkylation sites (N-methyl/N-ethyl adjacent to an activating group) is 1. The van der Waals surface area contributed by atoms with Crippen molar-refractivity contribution in [3.05, 3.63) is 29.8 Å². The van der Waals surface area contributed by atoms with E-state index in [9.17, 15) is 5.11 Å². The Morgan fingerprint density at radius 2 is 2.00 bits per heavy atom. The Labute approximate surface area is 110 Å². The first-order chi connectivity index (χ1) is 8.67. The number of piperazine rings is 1. The summed E-state index contributed by atoms with van der Waals surface area (Å²) >= 11 is 0. The quantitative estimate of drug-likeness (QED) is 0.883. The Hall–Kier alpha value is -1.06. The third kappa shape index (κ3) is 2.52. The average molecular weight is 248 g/mol. The highest BCUT2D eigenvalue weighted by Gasteiger charge is 2.29. The van der Waals surface area contributed by atoms with E-state index in [1.807, 2.05) is 0 Å². The molecule has 0 aromatic heterocycles. The molecule has 0 aliphatic carbocycles. The van der Waals surface area contributed by atoms with E-state index in [1.165, 1.54) is 11.3 Å². The van der Waals surface area contributed by atoms with Gasteiger partial charge >= 0.3 is 0 Å². The molecule has 1 aliphatic heterocycles. The Morgan fingerprint density at radius 3 is 2.67 bits per heavy atom. The lowest BCUT2D eigenvalue weighted by Crippen LogP contribution is -2.57. The van der Waals surface area contributed by atoms with Crippen LogP contribution in [0.4, 0.5) is 5.69 Å². The van der Waals surface area contributed by atoms with Gasteiger partial charge < -0.3 is 10.0 Å². The van der Waals surface area contributed by atoms with Gasteiger partial charge in [-0.3, -0.25) is 4.90 Å². The predicted octanol–water partition coefficient (Wildman–Crippen LogP) is 1.75. The monoisotopic (exact) mass is 248 g/mol. The van der Waals surface area contributed by atoms with E-state index in [-0.39, 0.29) is 12.6 Å². The molecule has 1 aromatic rings. The van der Waals surface area contributed by atoms with E-state index >= 15 is 0 Å². The van der Waals surface area contributed by atoms with Gasteiger partial charge in [0, 0.05) is 24.8 Å². The normalized spacial score (nSPS) is 25.4. The fourth-order valence-electron chi connectivity index (χ4n) is 2.83. The van der Waals surface area contributed by atoms with Crippen molar-refractivity contribution in [3.8, 4) is 0 Å². The summed E-state index contributed by atoms with van der Waals surface area (Å²) in [5.41, 5.74) is 2.73. The number of hydrogen-bond acceptors (Lipinski definition) is 3. The van der Waals surface area contributed by atoms with Crippen LogP contribution >= 0.6 is 0 Å². The van der Waals surface area contributed by atoms with Gasteiger partial charge in [-0.2, -0.15) is 0 Å². The number of nitrogens with zero attached hydrogens (tertiary/aromatic N) is 2. The summed E-state index contributed by atoms with van der Waals surface area (Å²) in [4.78, 5) is 4.70. The maximum atomic E-state index is 9.47. The van der Waals surface area contributed by atoms with Crippen molar-refractivity contribution < 1.29 is 5.11 Å². The zero-order chi connectivity index (χ0) is 13.1. The summed E-state index contributed by atoms with van der Waals surface area (Å²) < 4.78 is 0. The maximum absolute atomic E-state index is 9.47. The highest BCUT2D eigenvalue weighted by molar-refractivity contribution is 5.55. The van der Waals surface area contributed by atoms with Crippen LogP contribution in [-0.4, -0.2) is 48.8 Å². The van der Waals surface area contributed by atoms with Gasteiger partial charge in [-0.05, 0) is 32.0 Å². The summed E-state index contributed by atoms with van der Waals surface area (Å²) in [6.45, 7) is 6.60. The van der Waals surface area contributed by atoms with Crippen LogP contribution < -0.4 is 4.90 Å². The number of aliphatic hydroxyl groups excluding tert-OH is 1. The van der Waals surface area contributed by atoms with Gasteiger partial charge in [0.25, 0.3) is 0 Å². The Balaban J connectivity index is 2.26. The van der Waals surface area contributed by atoms with Gasteiger partial charge in [-0.1, -0.05) is 25.1 Å². The number of anilines is 1. The van der Waals surface area contributed by atoms with Crippen molar-refractivity contribution in [2.45, 2.75) is 32.4 Å². The third-order valence-electron chi connectivity index (χ3n) is 4.01. The van der Waals surface area contributed by atoms with E-state index in [0.29, 0.717) is 6.04 Å². The van der Waals surface area contributed by atoms with Crippen molar-refractivity contribution in [2.24, 2.45) is 0 Å². The minimum Gasteiger partial charge on any atom is -0.395 e. The largest absolute Gasteiger partial charge is 0.395 e. The van der Waals surface area contributed by atoms with Crippen molar-refractivity contribution in [2.75, 3.05) is 31.6 Å². The van der Waals surface area contributed by atoms with Gasteiger partial charge in [-0.25, -0.2) is 0 Å². The molecule has 100 valence electrons. The van der Waals surface area contributed by atoms with Gasteiger partial charge in [-0.15, -0.1) is 0 Å². The number of aryl methyl sites for hydroxylation is 1. The van der Waals surface area contributed by atoms with Crippen LogP contribution in [0.2, 0.25) is 0 Å². The topological polar surface area (TPSA) is 26.7 Å². The van der Waals surface area contributed by atoms with Crippen LogP contribution in [0.5, 0.6) is 0 Å². The molecule has 1 N–H and O–H groups in total. The van der Waals surface area contributed by atoms with E-state index in [2.05, 4.69) is 55.0 Å². The molecule has 18 heavy (non-hydrogen) atoms. The molecule has 0 amide bonds. The summed E-state index contributed by atoms with van der Waals surface area (Å²) in [7, 11) is 2.10. The van der Waals surface area contributed by atoms with Crippen LogP contribution in [0, 0.1) is 0 Å². The SMILES string of the molecule is CCc1ccccc1N1CC(CO)N(C)CC1C. The summed E-state index contributed by atoms with van der Waals surface area (Å²) in [5, 5.41) is 9.47. The first kappa shape index (κ1) is 13.4. The molecule has 1 saturated heterocycles. The number of para-hydroxylation sites is 1. The third-order valence-corrected chi connectivity index (χ3v) is 4.01. The van der Waals surface area contributed by atoms with Crippen LogP contribution in [0.1, 0.15) is 19.4 Å². The van der Waals surface area contributed by atoms with E-state index < -0.39 is 0 Å². The molecule has 1 aromatic carbocycles. The lowest BCUT2D eigenvalue weighted by atomic mass is 10.0. The number of hydrogen-bond donors (Lipinski definition) is 1. The highest BCUT2D eigenvalue weighted by atomic mass is 16.3. The molecule has 2 atom stereocenters. The van der Waals surface area contributed by atoms with Crippen LogP contribution in [0.15, 0.2) is 24.3 Å². The van der Waals surface area contributed by atoms with E-state index in [1.54, 1.807) is 0 Å². The van der Waals surface area contributed by atoms with Gasteiger partial charge in [0.1, 0.15) is 0 Å². The molecular formula is C15H24N2O. The van der Waals surface area contributed by atoms with Gasteiger partial charge in [0.15, 0.2) is 0 Å². The van der Waals surface area contributed by atoms with Crippen molar-refractivity contribution >= 4 is 5.69 Å². The molecule has 0 saturated carbocycles. The smallest absolute Gasteiger partial charge is 0.0604 e. The zero-order valence-electron chi connectivity index (χ0n) is 11.6. The Kier molecular flexibility index (Phi) is 4.25. The molecule has 2 rings (SSSR count). The van der Waals surface area contributed by atoms with Crippen molar-refractivity contribution in [3.63, 3.8) is 0 Å². The Bertz CT molecular complexity index is 394. The first-order valence-corrected chi connectivity index (χ1v) is 6.83. The molecule has 0 radical (unpaired) electrons. The van der Waals surface area contributed by atoms with Crippen LogP contribution in [0.3, 0.4) is 0 Å². The molecule has 1 aliphatic rings. The fourth-order valence-corrected chi connectivity index (χ4v) is 2.83. The van der Waals surface area contributed by atoms with Crippen LogP contribution in [-0.2, 0) is 6.42 Å². The second-order valence-corrected chi connectivity index (χ2v) is 5.26. The number of rotatable bonds is 3. The second-order valence-electron chi connectivity index (χ2n) is 5.26. The molecule has 1 heterocycles. The molecule has 2 unspecified atom stereocenters. The van der Waals surface area contributed by atoms with E-state index in [4.69, 9.17) is 0 Å². The standard InChI is InChI=1S/C15H24N2O/c1-4-13-7-5-6-8-15(13)17-10-14(11-18)16(3)9-12(17)2/h5-8,12,14,18H,4,9-11H2,1-3H3. The van der Waals surface area contributed by atoms with Gasteiger partial charge in [0.2, 0.25) is 0 Å². The number of aliphatic hydroxyl groups is 1.